The van der Waals surface area contributed by atoms with Crippen molar-refractivity contribution in [1.82, 2.24) is 24.8 Å². The lowest BCUT2D eigenvalue weighted by atomic mass is 10.2. The molecule has 0 aromatic carbocycles. The van der Waals surface area contributed by atoms with Crippen LogP contribution in [0, 0.1) is 6.92 Å². The van der Waals surface area contributed by atoms with E-state index in [4.69, 9.17) is 0 Å². The van der Waals surface area contributed by atoms with Crippen molar-refractivity contribution in [2.75, 3.05) is 13.1 Å². The summed E-state index contributed by atoms with van der Waals surface area (Å²) < 4.78 is 17.4. The molecular formula is C13H16FN5OS2. The fraction of sp³-hybridized carbons (Fsp3) is 0.538. The number of alkyl halides is 1. The van der Waals surface area contributed by atoms with E-state index in [1.54, 1.807) is 11.3 Å². The van der Waals surface area contributed by atoms with Crippen LogP contribution in [0.25, 0.3) is 0 Å². The molecule has 118 valence electrons. The van der Waals surface area contributed by atoms with Crippen LogP contribution >= 0.6 is 22.9 Å². The lowest BCUT2D eigenvalue weighted by molar-refractivity contribution is 0.0943. The van der Waals surface area contributed by atoms with E-state index in [1.165, 1.54) is 6.20 Å². The predicted molar refractivity (Wildman–Crippen MR) is 82.8 cm³/mol. The normalized spacial score (nSPS) is 22.1. The molecule has 3 heterocycles. The Bertz CT molecular complexity index is 632. The average Bonchev–Trinajstić information content (AvgIpc) is 3.19. The topological polar surface area (TPSA) is 71.0 Å². The van der Waals surface area contributed by atoms with E-state index >= 15 is 0 Å². The summed E-state index contributed by atoms with van der Waals surface area (Å²) in [5.74, 6) is -0.207. The van der Waals surface area contributed by atoms with Gasteiger partial charge in [-0.3, -0.25) is 9.69 Å². The summed E-state index contributed by atoms with van der Waals surface area (Å²) in [5.41, 5.74) is 0.958. The van der Waals surface area contributed by atoms with Crippen molar-refractivity contribution >= 4 is 28.8 Å². The van der Waals surface area contributed by atoms with Gasteiger partial charge < -0.3 is 5.32 Å². The lowest BCUT2D eigenvalue weighted by Gasteiger charge is -2.23. The number of likely N-dealkylation sites (tertiary alicyclic amines) is 1. The Kier molecular flexibility index (Phi) is 4.74. The first kappa shape index (κ1) is 15.4. The Morgan fingerprint density at radius 2 is 2.45 bits per heavy atom. The van der Waals surface area contributed by atoms with E-state index < -0.39 is 6.17 Å². The van der Waals surface area contributed by atoms with Crippen LogP contribution in [0.2, 0.25) is 0 Å². The van der Waals surface area contributed by atoms with Crippen LogP contribution in [0.4, 0.5) is 4.39 Å². The summed E-state index contributed by atoms with van der Waals surface area (Å²) in [6, 6.07) is -0.0122. The smallest absolute Gasteiger partial charge is 0.264 e. The molecule has 0 unspecified atom stereocenters. The molecule has 9 heteroatoms. The van der Waals surface area contributed by atoms with E-state index in [-0.39, 0.29) is 11.9 Å². The number of thiazole rings is 1. The summed E-state index contributed by atoms with van der Waals surface area (Å²) in [7, 11) is 0. The maximum atomic E-state index is 13.7. The standard InChI is InChI=1S/C13H16FN5OS2/c1-8-17-10(7-21-8)6-19-5-9(14)2-11(19)3-15-13(20)12-4-16-18-22-12/h4,7,9,11H,2-3,5-6H2,1H3,(H,15,20)/t9-,11-/m0/s1. The van der Waals surface area contributed by atoms with Crippen molar-refractivity contribution in [3.8, 4) is 0 Å². The zero-order chi connectivity index (χ0) is 15.5. The Balaban J connectivity index is 1.57. The molecule has 3 rings (SSSR count). The highest BCUT2D eigenvalue weighted by Crippen LogP contribution is 2.23. The second-order valence-corrected chi connectivity index (χ2v) is 7.11. The van der Waals surface area contributed by atoms with Crippen molar-refractivity contribution in [3.63, 3.8) is 0 Å². The third kappa shape index (κ3) is 3.65. The molecule has 22 heavy (non-hydrogen) atoms. The first-order valence-corrected chi connectivity index (χ1v) is 8.62. The van der Waals surface area contributed by atoms with Crippen molar-refractivity contribution in [2.45, 2.75) is 32.1 Å². The number of hydrogen-bond acceptors (Lipinski definition) is 7. The minimum Gasteiger partial charge on any atom is -0.350 e. The number of rotatable bonds is 5. The van der Waals surface area contributed by atoms with Crippen LogP contribution in [0.15, 0.2) is 11.6 Å². The molecule has 6 nitrogen and oxygen atoms in total. The molecule has 1 amide bonds. The van der Waals surface area contributed by atoms with E-state index in [2.05, 4.69) is 19.9 Å². The van der Waals surface area contributed by atoms with Gasteiger partial charge in [0.25, 0.3) is 5.91 Å². The predicted octanol–water partition coefficient (Wildman–Crippen LogP) is 1.65. The Labute approximate surface area is 135 Å². The fourth-order valence-electron chi connectivity index (χ4n) is 2.58. The number of aromatic nitrogens is 3. The number of halogens is 1. The van der Waals surface area contributed by atoms with Crippen LogP contribution in [-0.2, 0) is 6.54 Å². The maximum Gasteiger partial charge on any atom is 0.264 e. The molecule has 1 saturated heterocycles. The van der Waals surface area contributed by atoms with Crippen molar-refractivity contribution < 1.29 is 9.18 Å². The number of nitrogens with zero attached hydrogens (tertiary/aromatic N) is 4. The van der Waals surface area contributed by atoms with E-state index in [9.17, 15) is 9.18 Å². The van der Waals surface area contributed by atoms with Crippen LogP contribution in [0.5, 0.6) is 0 Å². The number of carbonyl (C=O) groups excluding carboxylic acids is 1. The highest BCUT2D eigenvalue weighted by Gasteiger charge is 2.32. The monoisotopic (exact) mass is 341 g/mol. The van der Waals surface area contributed by atoms with Gasteiger partial charge in [-0.25, -0.2) is 9.37 Å². The summed E-state index contributed by atoms with van der Waals surface area (Å²) in [6.07, 6.45) is 1.01. The molecule has 1 N–H and O–H groups in total. The molecule has 0 saturated carbocycles. The Morgan fingerprint density at radius 3 is 3.14 bits per heavy atom. The van der Waals surface area contributed by atoms with Gasteiger partial charge in [-0.15, -0.1) is 16.4 Å². The summed E-state index contributed by atoms with van der Waals surface area (Å²) in [4.78, 5) is 18.8. The number of hydrogen-bond donors (Lipinski definition) is 1. The van der Waals surface area contributed by atoms with Crippen LogP contribution in [0.1, 0.15) is 26.8 Å². The van der Waals surface area contributed by atoms with Crippen molar-refractivity contribution in [2.24, 2.45) is 0 Å². The van der Waals surface area contributed by atoms with Crippen LogP contribution < -0.4 is 5.32 Å². The summed E-state index contributed by atoms with van der Waals surface area (Å²) in [5, 5.41) is 9.48. The minimum atomic E-state index is -0.855. The van der Waals surface area contributed by atoms with Gasteiger partial charge in [-0.1, -0.05) is 4.49 Å². The molecule has 1 aliphatic heterocycles. The number of nitrogens with one attached hydrogen (secondary N) is 1. The third-order valence-electron chi connectivity index (χ3n) is 3.59. The second kappa shape index (κ2) is 6.76. The van der Waals surface area contributed by atoms with Gasteiger partial charge in [0.05, 0.1) is 16.9 Å². The molecule has 0 spiro atoms. The largest absolute Gasteiger partial charge is 0.350 e. The van der Waals surface area contributed by atoms with Crippen LogP contribution in [-0.4, -0.2) is 50.7 Å². The first-order valence-electron chi connectivity index (χ1n) is 6.96. The molecule has 2 aromatic rings. The average molecular weight is 341 g/mol. The molecule has 0 radical (unpaired) electrons. The number of aryl methyl sites for hydroxylation is 1. The van der Waals surface area contributed by atoms with Gasteiger partial charge in [0.2, 0.25) is 0 Å². The van der Waals surface area contributed by atoms with Gasteiger partial charge in [0.15, 0.2) is 0 Å². The molecule has 1 aliphatic rings. The van der Waals surface area contributed by atoms with E-state index in [0.717, 1.165) is 22.2 Å². The van der Waals surface area contributed by atoms with E-state index in [1.807, 2.05) is 17.2 Å². The summed E-state index contributed by atoms with van der Waals surface area (Å²) >= 11 is 2.64. The van der Waals surface area contributed by atoms with Gasteiger partial charge >= 0.3 is 0 Å². The molecule has 0 bridgehead atoms. The lowest BCUT2D eigenvalue weighted by Crippen LogP contribution is -2.39. The van der Waals surface area contributed by atoms with Gasteiger partial charge in [-0.05, 0) is 24.9 Å². The maximum absolute atomic E-state index is 13.7. The highest BCUT2D eigenvalue weighted by molar-refractivity contribution is 7.09. The Morgan fingerprint density at radius 1 is 1.59 bits per heavy atom. The van der Waals surface area contributed by atoms with Gasteiger partial charge in [0, 0.05) is 31.1 Å². The van der Waals surface area contributed by atoms with Gasteiger partial charge in [0.1, 0.15) is 11.0 Å². The number of amides is 1. The molecule has 1 fully saturated rings. The molecular weight excluding hydrogens is 325 g/mol. The van der Waals surface area contributed by atoms with Crippen LogP contribution in [0.3, 0.4) is 0 Å². The molecule has 0 aliphatic carbocycles. The second-order valence-electron chi connectivity index (χ2n) is 5.27. The van der Waals surface area contributed by atoms with E-state index in [0.29, 0.717) is 30.9 Å². The fourth-order valence-corrected chi connectivity index (χ4v) is 3.62. The highest BCUT2D eigenvalue weighted by atomic mass is 32.1. The first-order chi connectivity index (χ1) is 10.6. The number of carbonyl (C=O) groups is 1. The quantitative estimate of drug-likeness (QED) is 0.895. The molecule has 2 atom stereocenters. The van der Waals surface area contributed by atoms with Crippen molar-refractivity contribution in [1.29, 1.82) is 0 Å². The Hall–Kier alpha value is -1.45. The molecule has 2 aromatic heterocycles. The SMILES string of the molecule is Cc1nc(CN2C[C@@H](F)C[C@H]2CNC(=O)c2cnns2)cs1. The minimum absolute atomic E-state index is 0.0122. The van der Waals surface area contributed by atoms with Crippen molar-refractivity contribution in [3.05, 3.63) is 27.2 Å². The zero-order valence-electron chi connectivity index (χ0n) is 12.0. The van der Waals surface area contributed by atoms with Gasteiger partial charge in [-0.2, -0.15) is 0 Å². The summed E-state index contributed by atoms with van der Waals surface area (Å²) in [6.45, 7) is 3.38. The third-order valence-corrected chi connectivity index (χ3v) is 5.08. The zero-order valence-corrected chi connectivity index (χ0v) is 13.7.